The predicted molar refractivity (Wildman–Crippen MR) is 63.6 cm³/mol. The number of nitrogens with zero attached hydrogens (tertiary/aromatic N) is 2. The number of nitrogens with one attached hydrogen (secondary N) is 1. The first-order valence-corrected chi connectivity index (χ1v) is 6.14. The summed E-state index contributed by atoms with van der Waals surface area (Å²) in [7, 11) is 0. The van der Waals surface area contributed by atoms with Gasteiger partial charge in [-0.3, -0.25) is 5.41 Å². The summed E-state index contributed by atoms with van der Waals surface area (Å²) >= 11 is 1.48. The van der Waals surface area contributed by atoms with Gasteiger partial charge in [0, 0.05) is 0 Å². The van der Waals surface area contributed by atoms with Crippen molar-refractivity contribution in [2.75, 3.05) is 6.26 Å². The first-order chi connectivity index (χ1) is 7.15. The fourth-order valence-electron chi connectivity index (χ4n) is 1.58. The maximum atomic E-state index is 7.59. The number of hydrogen-bond donors (Lipinski definition) is 2. The van der Waals surface area contributed by atoms with E-state index in [0.717, 1.165) is 34.7 Å². The molecule has 1 rings (SSSR count). The Bertz CT molecular complexity index is 376. The Morgan fingerprint density at radius 1 is 1.33 bits per heavy atom. The summed E-state index contributed by atoms with van der Waals surface area (Å²) in [6.45, 7) is 4.08. The van der Waals surface area contributed by atoms with Crippen molar-refractivity contribution in [3.05, 3.63) is 16.8 Å². The molecule has 0 aromatic carbocycles. The lowest BCUT2D eigenvalue weighted by molar-refractivity contribution is 0.820. The summed E-state index contributed by atoms with van der Waals surface area (Å²) in [5, 5.41) is 16.6. The zero-order valence-corrected chi connectivity index (χ0v) is 10.1. The van der Waals surface area contributed by atoms with E-state index in [9.17, 15) is 0 Å². The van der Waals surface area contributed by atoms with Crippen LogP contribution in [0.1, 0.15) is 30.7 Å². The van der Waals surface area contributed by atoms with Gasteiger partial charge >= 0.3 is 0 Å². The number of amidine groups is 1. The van der Waals surface area contributed by atoms with Gasteiger partial charge in [-0.15, -0.1) is 16.9 Å². The second kappa shape index (κ2) is 5.11. The van der Waals surface area contributed by atoms with Gasteiger partial charge in [-0.05, 0) is 24.7 Å². The summed E-state index contributed by atoms with van der Waals surface area (Å²) in [5.74, 6) is 0.0841. The van der Waals surface area contributed by atoms with Crippen LogP contribution in [0.5, 0.6) is 0 Å². The number of aromatic nitrogens is 2. The minimum atomic E-state index is 0.0841. The lowest BCUT2D eigenvalue weighted by Gasteiger charge is -2.12. The highest BCUT2D eigenvalue weighted by Crippen LogP contribution is 2.22. The molecule has 5 heteroatoms. The molecule has 1 heterocycles. The predicted octanol–water partition coefficient (Wildman–Crippen LogP) is 1.61. The third-order valence-corrected chi connectivity index (χ3v) is 2.95. The normalized spacial score (nSPS) is 10.3. The Labute approximate surface area is 94.2 Å². The monoisotopic (exact) mass is 224 g/mol. The smallest absolute Gasteiger partial charge is 0.130 e. The van der Waals surface area contributed by atoms with Gasteiger partial charge in [0.1, 0.15) is 10.9 Å². The number of thioether (sulfide) groups is 1. The molecule has 0 spiro atoms. The molecule has 0 aliphatic rings. The van der Waals surface area contributed by atoms with E-state index in [2.05, 4.69) is 10.2 Å². The van der Waals surface area contributed by atoms with E-state index in [0.29, 0.717) is 0 Å². The maximum Gasteiger partial charge on any atom is 0.130 e. The van der Waals surface area contributed by atoms with Gasteiger partial charge in [0.25, 0.3) is 0 Å². The molecule has 0 fully saturated rings. The van der Waals surface area contributed by atoms with Gasteiger partial charge < -0.3 is 5.73 Å². The van der Waals surface area contributed by atoms with Crippen molar-refractivity contribution in [3.63, 3.8) is 0 Å². The van der Waals surface area contributed by atoms with Crippen molar-refractivity contribution < 1.29 is 0 Å². The van der Waals surface area contributed by atoms with Crippen LogP contribution in [-0.4, -0.2) is 22.3 Å². The highest BCUT2D eigenvalue weighted by molar-refractivity contribution is 7.98. The number of rotatable bonds is 4. The fraction of sp³-hybridized carbons (Fsp3) is 0.500. The fourth-order valence-corrected chi connectivity index (χ4v) is 2.13. The molecule has 3 N–H and O–H groups in total. The third kappa shape index (κ3) is 2.28. The highest BCUT2D eigenvalue weighted by Gasteiger charge is 2.15. The topological polar surface area (TPSA) is 75.7 Å². The largest absolute Gasteiger partial charge is 0.384 e. The molecule has 1 aromatic rings. The first-order valence-electron chi connectivity index (χ1n) is 4.92. The SMILES string of the molecule is CCc1nnc(SC)c(C(=N)N)c1CC. The maximum absolute atomic E-state index is 7.59. The third-order valence-electron chi connectivity index (χ3n) is 2.28. The molecular formula is C10H16N4S. The van der Waals surface area contributed by atoms with E-state index in [1.54, 1.807) is 0 Å². The summed E-state index contributed by atoms with van der Waals surface area (Å²) in [6.07, 6.45) is 3.58. The van der Waals surface area contributed by atoms with Crippen LogP contribution in [-0.2, 0) is 12.8 Å². The molecule has 82 valence electrons. The van der Waals surface area contributed by atoms with Gasteiger partial charge in [-0.25, -0.2) is 0 Å². The Balaban J connectivity index is 3.44. The molecule has 0 saturated heterocycles. The summed E-state index contributed by atoms with van der Waals surface area (Å²) in [5.41, 5.74) is 8.36. The van der Waals surface area contributed by atoms with E-state index in [1.807, 2.05) is 20.1 Å². The summed E-state index contributed by atoms with van der Waals surface area (Å²) in [4.78, 5) is 0. The lowest BCUT2D eigenvalue weighted by atomic mass is 10.0. The molecule has 0 aliphatic carbocycles. The van der Waals surface area contributed by atoms with Crippen molar-refractivity contribution in [3.8, 4) is 0 Å². The number of nitrogen functional groups attached to an aromatic ring is 1. The van der Waals surface area contributed by atoms with Crippen LogP contribution in [0.25, 0.3) is 0 Å². The molecule has 0 radical (unpaired) electrons. The Kier molecular flexibility index (Phi) is 4.08. The molecule has 0 atom stereocenters. The Morgan fingerprint density at radius 2 is 2.00 bits per heavy atom. The molecule has 0 aliphatic heterocycles. The van der Waals surface area contributed by atoms with Gasteiger partial charge in [0.15, 0.2) is 0 Å². The van der Waals surface area contributed by atoms with Gasteiger partial charge in [0.05, 0.1) is 11.3 Å². The van der Waals surface area contributed by atoms with E-state index in [1.165, 1.54) is 11.8 Å². The average Bonchev–Trinajstić information content (AvgIpc) is 2.26. The molecule has 0 bridgehead atoms. The Hall–Kier alpha value is -1.10. The highest BCUT2D eigenvalue weighted by atomic mass is 32.2. The van der Waals surface area contributed by atoms with Crippen LogP contribution >= 0.6 is 11.8 Å². The zero-order valence-electron chi connectivity index (χ0n) is 9.29. The molecule has 4 nitrogen and oxygen atoms in total. The quantitative estimate of drug-likeness (QED) is 0.463. The summed E-state index contributed by atoms with van der Waals surface area (Å²) in [6, 6.07) is 0. The molecular weight excluding hydrogens is 208 g/mol. The van der Waals surface area contributed by atoms with E-state index < -0.39 is 0 Å². The van der Waals surface area contributed by atoms with Gasteiger partial charge in [-0.2, -0.15) is 5.10 Å². The van der Waals surface area contributed by atoms with E-state index >= 15 is 0 Å². The standard InChI is InChI=1S/C10H16N4S/c1-4-6-7(5-2)13-14-10(15-3)8(6)9(11)12/h4-5H2,1-3H3,(H3,11,12). The van der Waals surface area contributed by atoms with Crippen molar-refractivity contribution in [2.45, 2.75) is 31.7 Å². The minimum Gasteiger partial charge on any atom is -0.384 e. The second-order valence-corrected chi connectivity index (χ2v) is 3.93. The number of aryl methyl sites for hydroxylation is 1. The average molecular weight is 224 g/mol. The van der Waals surface area contributed by atoms with Crippen LogP contribution < -0.4 is 5.73 Å². The van der Waals surface area contributed by atoms with E-state index in [4.69, 9.17) is 11.1 Å². The van der Waals surface area contributed by atoms with Crippen molar-refractivity contribution in [1.29, 1.82) is 5.41 Å². The second-order valence-electron chi connectivity index (χ2n) is 3.13. The van der Waals surface area contributed by atoms with Crippen LogP contribution in [0.2, 0.25) is 0 Å². The van der Waals surface area contributed by atoms with E-state index in [-0.39, 0.29) is 5.84 Å². The molecule has 0 unspecified atom stereocenters. The van der Waals surface area contributed by atoms with Crippen molar-refractivity contribution >= 4 is 17.6 Å². The van der Waals surface area contributed by atoms with Crippen LogP contribution in [0.4, 0.5) is 0 Å². The zero-order chi connectivity index (χ0) is 11.4. The Morgan fingerprint density at radius 3 is 2.40 bits per heavy atom. The van der Waals surface area contributed by atoms with Crippen molar-refractivity contribution in [1.82, 2.24) is 10.2 Å². The van der Waals surface area contributed by atoms with Crippen LogP contribution in [0.3, 0.4) is 0 Å². The number of nitrogens with two attached hydrogens (primary N) is 1. The number of hydrogen-bond acceptors (Lipinski definition) is 4. The first kappa shape index (κ1) is 12.0. The molecule has 0 saturated carbocycles. The molecule has 15 heavy (non-hydrogen) atoms. The lowest BCUT2D eigenvalue weighted by Crippen LogP contribution is -2.18. The molecule has 1 aromatic heterocycles. The minimum absolute atomic E-state index is 0.0841. The van der Waals surface area contributed by atoms with Gasteiger partial charge in [0.2, 0.25) is 0 Å². The van der Waals surface area contributed by atoms with Gasteiger partial charge in [-0.1, -0.05) is 13.8 Å². The van der Waals surface area contributed by atoms with Crippen molar-refractivity contribution in [2.24, 2.45) is 5.73 Å². The van der Waals surface area contributed by atoms with Crippen LogP contribution in [0, 0.1) is 5.41 Å². The van der Waals surface area contributed by atoms with Crippen LogP contribution in [0.15, 0.2) is 5.03 Å². The summed E-state index contributed by atoms with van der Waals surface area (Å²) < 4.78 is 0. The molecule has 0 amide bonds.